The van der Waals surface area contributed by atoms with Crippen molar-refractivity contribution in [3.63, 3.8) is 0 Å². The first-order chi connectivity index (χ1) is 9.94. The topological polar surface area (TPSA) is 53.1 Å². The molecule has 112 valence electrons. The Hall–Kier alpha value is -2.30. The fourth-order valence-corrected chi connectivity index (χ4v) is 1.99. The molecule has 0 saturated heterocycles. The van der Waals surface area contributed by atoms with Gasteiger partial charge in [0.1, 0.15) is 17.5 Å². The summed E-state index contributed by atoms with van der Waals surface area (Å²) in [6.45, 7) is 6.07. The van der Waals surface area contributed by atoms with E-state index in [2.05, 4.69) is 51.5 Å². The van der Waals surface area contributed by atoms with Gasteiger partial charge in [0, 0.05) is 37.6 Å². The standard InChI is InChI=1S/C16H23N5/c1-11(2)17-15-10-16(19-12(3)18-15)20-13-6-8-14(9-7-13)21(4)5/h6-11H,1-5H3,(H2,17,18,19,20). The fraction of sp³-hybridized carbons (Fsp3) is 0.375. The molecule has 0 saturated carbocycles. The van der Waals surface area contributed by atoms with Gasteiger partial charge in [-0.25, -0.2) is 9.97 Å². The van der Waals surface area contributed by atoms with Crippen molar-refractivity contribution in [2.75, 3.05) is 29.6 Å². The molecule has 0 radical (unpaired) electrons. The van der Waals surface area contributed by atoms with Crippen LogP contribution in [0.4, 0.5) is 23.0 Å². The Kier molecular flexibility index (Phi) is 4.62. The molecule has 5 heteroatoms. The van der Waals surface area contributed by atoms with Crippen molar-refractivity contribution in [1.82, 2.24) is 9.97 Å². The summed E-state index contributed by atoms with van der Waals surface area (Å²) in [4.78, 5) is 10.9. The van der Waals surface area contributed by atoms with Gasteiger partial charge in [0.15, 0.2) is 0 Å². The lowest BCUT2D eigenvalue weighted by Crippen LogP contribution is -2.12. The van der Waals surface area contributed by atoms with Gasteiger partial charge in [-0.15, -0.1) is 0 Å². The van der Waals surface area contributed by atoms with Gasteiger partial charge in [0.05, 0.1) is 0 Å². The molecule has 5 nitrogen and oxygen atoms in total. The van der Waals surface area contributed by atoms with Crippen molar-refractivity contribution in [2.45, 2.75) is 26.8 Å². The molecule has 2 rings (SSSR count). The maximum absolute atomic E-state index is 4.42. The van der Waals surface area contributed by atoms with Crippen molar-refractivity contribution in [2.24, 2.45) is 0 Å². The summed E-state index contributed by atoms with van der Waals surface area (Å²) in [6, 6.07) is 10.5. The summed E-state index contributed by atoms with van der Waals surface area (Å²) in [5, 5.41) is 6.61. The largest absolute Gasteiger partial charge is 0.378 e. The molecule has 2 N–H and O–H groups in total. The van der Waals surface area contributed by atoms with Gasteiger partial charge >= 0.3 is 0 Å². The van der Waals surface area contributed by atoms with E-state index < -0.39 is 0 Å². The third kappa shape index (κ3) is 4.34. The highest BCUT2D eigenvalue weighted by molar-refractivity contribution is 5.62. The van der Waals surface area contributed by atoms with Gasteiger partial charge in [0.25, 0.3) is 0 Å². The molecule has 0 aliphatic heterocycles. The molecular weight excluding hydrogens is 262 g/mol. The number of hydrogen-bond donors (Lipinski definition) is 2. The minimum absolute atomic E-state index is 0.339. The summed E-state index contributed by atoms with van der Waals surface area (Å²) >= 11 is 0. The number of aryl methyl sites for hydroxylation is 1. The average molecular weight is 285 g/mol. The Bertz CT molecular complexity index is 590. The van der Waals surface area contributed by atoms with Crippen LogP contribution in [0.2, 0.25) is 0 Å². The smallest absolute Gasteiger partial charge is 0.136 e. The van der Waals surface area contributed by atoms with Crippen LogP contribution in [0.1, 0.15) is 19.7 Å². The highest BCUT2D eigenvalue weighted by Crippen LogP contribution is 2.20. The minimum Gasteiger partial charge on any atom is -0.378 e. The van der Waals surface area contributed by atoms with Gasteiger partial charge in [-0.2, -0.15) is 0 Å². The van der Waals surface area contributed by atoms with Crippen LogP contribution in [0, 0.1) is 6.92 Å². The maximum Gasteiger partial charge on any atom is 0.136 e. The van der Waals surface area contributed by atoms with E-state index in [1.807, 2.05) is 39.2 Å². The lowest BCUT2D eigenvalue weighted by Gasteiger charge is -2.14. The molecule has 0 spiro atoms. The molecule has 2 aromatic rings. The number of nitrogens with one attached hydrogen (secondary N) is 2. The van der Waals surface area contributed by atoms with Crippen molar-refractivity contribution in [3.05, 3.63) is 36.2 Å². The molecule has 0 aliphatic rings. The van der Waals surface area contributed by atoms with Crippen LogP contribution in [0.25, 0.3) is 0 Å². The van der Waals surface area contributed by atoms with E-state index in [-0.39, 0.29) is 0 Å². The monoisotopic (exact) mass is 285 g/mol. The summed E-state index contributed by atoms with van der Waals surface area (Å²) < 4.78 is 0. The van der Waals surface area contributed by atoms with Crippen molar-refractivity contribution in [3.8, 4) is 0 Å². The molecule has 0 unspecified atom stereocenters. The molecule has 0 amide bonds. The number of aromatic nitrogens is 2. The van der Waals surface area contributed by atoms with Crippen LogP contribution in [0.15, 0.2) is 30.3 Å². The zero-order chi connectivity index (χ0) is 15.4. The first-order valence-corrected chi connectivity index (χ1v) is 7.10. The fourth-order valence-electron chi connectivity index (χ4n) is 1.99. The van der Waals surface area contributed by atoms with Gasteiger partial charge in [-0.3, -0.25) is 0 Å². The van der Waals surface area contributed by atoms with Crippen LogP contribution < -0.4 is 15.5 Å². The molecule has 0 aliphatic carbocycles. The Morgan fingerprint density at radius 3 is 2.19 bits per heavy atom. The average Bonchev–Trinajstić information content (AvgIpc) is 2.37. The minimum atomic E-state index is 0.339. The zero-order valence-electron chi connectivity index (χ0n) is 13.3. The van der Waals surface area contributed by atoms with Gasteiger partial charge < -0.3 is 15.5 Å². The van der Waals surface area contributed by atoms with Crippen LogP contribution in [-0.4, -0.2) is 30.1 Å². The van der Waals surface area contributed by atoms with Crippen LogP contribution in [-0.2, 0) is 0 Å². The Balaban J connectivity index is 2.16. The summed E-state index contributed by atoms with van der Waals surface area (Å²) in [5.41, 5.74) is 2.18. The van der Waals surface area contributed by atoms with Gasteiger partial charge in [-0.05, 0) is 45.0 Å². The molecule has 0 atom stereocenters. The predicted molar refractivity (Wildman–Crippen MR) is 89.6 cm³/mol. The van der Waals surface area contributed by atoms with E-state index in [0.29, 0.717) is 6.04 Å². The Labute approximate surface area is 126 Å². The van der Waals surface area contributed by atoms with E-state index in [4.69, 9.17) is 0 Å². The molecule has 1 aromatic heterocycles. The number of benzene rings is 1. The highest BCUT2D eigenvalue weighted by atomic mass is 15.1. The van der Waals surface area contributed by atoms with Crippen molar-refractivity contribution >= 4 is 23.0 Å². The Morgan fingerprint density at radius 1 is 1.00 bits per heavy atom. The number of hydrogen-bond acceptors (Lipinski definition) is 5. The third-order valence-corrected chi connectivity index (χ3v) is 2.93. The molecular formula is C16H23N5. The third-order valence-electron chi connectivity index (χ3n) is 2.93. The van der Waals surface area contributed by atoms with Crippen LogP contribution >= 0.6 is 0 Å². The van der Waals surface area contributed by atoms with Crippen molar-refractivity contribution in [1.29, 1.82) is 0 Å². The quantitative estimate of drug-likeness (QED) is 0.881. The molecule has 1 heterocycles. The second-order valence-electron chi connectivity index (χ2n) is 5.55. The predicted octanol–water partition coefficient (Wildman–Crippen LogP) is 3.41. The van der Waals surface area contributed by atoms with Crippen LogP contribution in [0.3, 0.4) is 0 Å². The highest BCUT2D eigenvalue weighted by Gasteiger charge is 2.04. The first kappa shape index (κ1) is 15.1. The number of nitrogens with zero attached hydrogens (tertiary/aromatic N) is 3. The van der Waals surface area contributed by atoms with E-state index in [1.54, 1.807) is 0 Å². The van der Waals surface area contributed by atoms with E-state index >= 15 is 0 Å². The SMILES string of the molecule is Cc1nc(Nc2ccc(N(C)C)cc2)cc(NC(C)C)n1. The number of anilines is 4. The maximum atomic E-state index is 4.42. The second kappa shape index (κ2) is 6.43. The first-order valence-electron chi connectivity index (χ1n) is 7.10. The second-order valence-corrected chi connectivity index (χ2v) is 5.55. The van der Waals surface area contributed by atoms with E-state index in [9.17, 15) is 0 Å². The van der Waals surface area contributed by atoms with Crippen LogP contribution in [0.5, 0.6) is 0 Å². The molecule has 1 aromatic carbocycles. The molecule has 21 heavy (non-hydrogen) atoms. The van der Waals surface area contributed by atoms with Gasteiger partial charge in [0.2, 0.25) is 0 Å². The molecule has 0 fully saturated rings. The number of rotatable bonds is 5. The normalized spacial score (nSPS) is 10.6. The lowest BCUT2D eigenvalue weighted by atomic mass is 10.2. The van der Waals surface area contributed by atoms with Gasteiger partial charge in [-0.1, -0.05) is 0 Å². The summed E-state index contributed by atoms with van der Waals surface area (Å²) in [7, 11) is 4.06. The summed E-state index contributed by atoms with van der Waals surface area (Å²) in [6.07, 6.45) is 0. The zero-order valence-corrected chi connectivity index (χ0v) is 13.3. The van der Waals surface area contributed by atoms with E-state index in [0.717, 1.165) is 23.1 Å². The Morgan fingerprint density at radius 2 is 1.62 bits per heavy atom. The van der Waals surface area contributed by atoms with E-state index in [1.165, 1.54) is 5.69 Å². The lowest BCUT2D eigenvalue weighted by molar-refractivity contribution is 0.881. The summed E-state index contributed by atoms with van der Waals surface area (Å²) in [5.74, 6) is 2.38. The molecule has 0 bridgehead atoms. The van der Waals surface area contributed by atoms with Crippen molar-refractivity contribution < 1.29 is 0 Å².